The topological polar surface area (TPSA) is 101 Å². The average Bonchev–Trinajstić information content (AvgIpc) is 3.48. The van der Waals surface area contributed by atoms with Gasteiger partial charge in [-0.3, -0.25) is 9.59 Å². The van der Waals surface area contributed by atoms with Crippen molar-refractivity contribution in [3.63, 3.8) is 0 Å². The number of ether oxygens (including phenoxy) is 3. The predicted octanol–water partition coefficient (Wildman–Crippen LogP) is 4.86. The van der Waals surface area contributed by atoms with Crippen molar-refractivity contribution >= 4 is 28.4 Å². The highest BCUT2D eigenvalue weighted by Crippen LogP contribution is 2.43. The normalized spacial score (nSPS) is 16.7. The van der Waals surface area contributed by atoms with Crippen LogP contribution in [0.25, 0.3) is 16.7 Å². The molecule has 0 bridgehead atoms. The average molecular weight is 513 g/mol. The fraction of sp³-hybridized carbons (Fsp3) is 0.200. The molecular weight excluding hydrogens is 484 g/mol. The van der Waals surface area contributed by atoms with Crippen LogP contribution in [0, 0.1) is 0 Å². The number of H-pyrrole nitrogens is 1. The van der Waals surface area contributed by atoms with Crippen LogP contribution >= 0.6 is 0 Å². The van der Waals surface area contributed by atoms with Crippen LogP contribution in [-0.2, 0) is 16.0 Å². The van der Waals surface area contributed by atoms with E-state index in [4.69, 9.17) is 14.2 Å². The first-order chi connectivity index (χ1) is 18.5. The second-order valence-corrected chi connectivity index (χ2v) is 8.94. The molecule has 1 fully saturated rings. The number of aliphatic hydroxyl groups excluding tert-OH is 1. The molecular formula is C30H28N2O6. The smallest absolute Gasteiger partial charge is 0.295 e. The fourth-order valence-electron chi connectivity index (χ4n) is 4.98. The molecule has 1 aliphatic heterocycles. The number of amides is 1. The molecule has 5 rings (SSSR count). The summed E-state index contributed by atoms with van der Waals surface area (Å²) in [6.45, 7) is 0.242. The molecule has 1 unspecified atom stereocenters. The lowest BCUT2D eigenvalue weighted by molar-refractivity contribution is -0.139. The molecule has 1 amide bonds. The summed E-state index contributed by atoms with van der Waals surface area (Å²) in [4.78, 5) is 31.6. The summed E-state index contributed by atoms with van der Waals surface area (Å²) in [5.74, 6) is 0.0675. The number of nitrogens with zero attached hydrogens (tertiary/aromatic N) is 1. The van der Waals surface area contributed by atoms with Crippen LogP contribution in [0.15, 0.2) is 78.5 Å². The van der Waals surface area contributed by atoms with E-state index in [0.29, 0.717) is 29.0 Å². The maximum absolute atomic E-state index is 13.4. The lowest BCUT2D eigenvalue weighted by Crippen LogP contribution is -2.31. The Balaban J connectivity index is 1.59. The van der Waals surface area contributed by atoms with Crippen molar-refractivity contribution in [2.75, 3.05) is 27.9 Å². The molecule has 8 nitrogen and oxygen atoms in total. The molecule has 1 aliphatic rings. The van der Waals surface area contributed by atoms with Crippen LogP contribution in [0.5, 0.6) is 17.2 Å². The largest absolute Gasteiger partial charge is 0.507 e. The number of fused-ring (bicyclic) bond motifs is 1. The lowest BCUT2D eigenvalue weighted by atomic mass is 9.94. The number of para-hydroxylation sites is 1. The number of ketones is 1. The third-order valence-electron chi connectivity index (χ3n) is 6.91. The van der Waals surface area contributed by atoms with Gasteiger partial charge in [0, 0.05) is 34.8 Å². The highest BCUT2D eigenvalue weighted by atomic mass is 16.5. The molecule has 4 aromatic rings. The van der Waals surface area contributed by atoms with Gasteiger partial charge in [0.15, 0.2) is 0 Å². The van der Waals surface area contributed by atoms with Gasteiger partial charge in [0.1, 0.15) is 23.0 Å². The molecule has 0 saturated carbocycles. The number of aromatic amines is 1. The molecule has 8 heteroatoms. The third-order valence-corrected chi connectivity index (χ3v) is 6.91. The Hall–Kier alpha value is -4.72. The summed E-state index contributed by atoms with van der Waals surface area (Å²) in [5.41, 5.74) is 2.92. The minimum Gasteiger partial charge on any atom is -0.507 e. The number of Topliss-reactive ketones (excluding diaryl/α,β-unsaturated/α-hetero) is 1. The van der Waals surface area contributed by atoms with Crippen LogP contribution in [0.1, 0.15) is 22.7 Å². The second-order valence-electron chi connectivity index (χ2n) is 8.94. The van der Waals surface area contributed by atoms with Crippen molar-refractivity contribution in [1.29, 1.82) is 0 Å². The number of rotatable bonds is 8. The van der Waals surface area contributed by atoms with Crippen LogP contribution < -0.4 is 14.2 Å². The van der Waals surface area contributed by atoms with Gasteiger partial charge in [0.05, 0.1) is 32.9 Å². The Morgan fingerprint density at radius 1 is 0.921 bits per heavy atom. The van der Waals surface area contributed by atoms with Gasteiger partial charge in [-0.2, -0.15) is 0 Å². The van der Waals surface area contributed by atoms with Crippen molar-refractivity contribution in [2.24, 2.45) is 0 Å². The molecule has 2 heterocycles. The van der Waals surface area contributed by atoms with E-state index in [1.807, 2.05) is 36.5 Å². The van der Waals surface area contributed by atoms with Crippen LogP contribution in [0.3, 0.4) is 0 Å². The quantitative estimate of drug-likeness (QED) is 0.199. The van der Waals surface area contributed by atoms with Gasteiger partial charge in [0.25, 0.3) is 11.7 Å². The summed E-state index contributed by atoms with van der Waals surface area (Å²) in [7, 11) is 4.67. The standard InChI is InChI=1S/C30H28N2O6/c1-36-20-8-6-7-18(15-20)28(33)26-27(22-9-4-5-10-25(22)38-3)32(30(35)29(26)34)14-13-19-17-31-24-12-11-21(37-2)16-23(19)24/h4-12,15-17,27,31,33H,13-14H2,1-3H3/b28-26-. The van der Waals surface area contributed by atoms with E-state index in [0.717, 1.165) is 22.2 Å². The molecule has 3 aromatic carbocycles. The molecule has 38 heavy (non-hydrogen) atoms. The summed E-state index contributed by atoms with van der Waals surface area (Å²) in [5, 5.41) is 12.3. The first-order valence-corrected chi connectivity index (χ1v) is 12.2. The third kappa shape index (κ3) is 4.34. The summed E-state index contributed by atoms with van der Waals surface area (Å²) < 4.78 is 16.3. The Morgan fingerprint density at radius 3 is 2.45 bits per heavy atom. The summed E-state index contributed by atoms with van der Waals surface area (Å²) >= 11 is 0. The number of likely N-dealkylation sites (tertiary alicyclic amines) is 1. The zero-order valence-electron chi connectivity index (χ0n) is 21.4. The van der Waals surface area contributed by atoms with Gasteiger partial charge in [0.2, 0.25) is 0 Å². The van der Waals surface area contributed by atoms with Crippen molar-refractivity contribution in [1.82, 2.24) is 9.88 Å². The SMILES string of the molecule is COc1cccc(/C(O)=C2/C(=O)C(=O)N(CCc3c[nH]c4ccc(OC)cc34)C2c2ccccc2OC)c1. The molecule has 1 saturated heterocycles. The first kappa shape index (κ1) is 25.0. The lowest BCUT2D eigenvalue weighted by Gasteiger charge is -2.26. The zero-order chi connectivity index (χ0) is 26.8. The maximum atomic E-state index is 13.4. The maximum Gasteiger partial charge on any atom is 0.295 e. The van der Waals surface area contributed by atoms with Crippen molar-refractivity contribution in [3.8, 4) is 17.2 Å². The Morgan fingerprint density at radius 2 is 1.68 bits per heavy atom. The number of hydrogen-bond donors (Lipinski definition) is 2. The number of aliphatic hydroxyl groups is 1. The van der Waals surface area contributed by atoms with Gasteiger partial charge < -0.3 is 29.2 Å². The van der Waals surface area contributed by atoms with E-state index < -0.39 is 17.7 Å². The van der Waals surface area contributed by atoms with Gasteiger partial charge in [-0.05, 0) is 48.4 Å². The number of methoxy groups -OCH3 is 3. The fourth-order valence-corrected chi connectivity index (χ4v) is 4.98. The number of aromatic nitrogens is 1. The van der Waals surface area contributed by atoms with Crippen LogP contribution in [-0.4, -0.2) is 54.6 Å². The second kappa shape index (κ2) is 10.3. The molecule has 1 atom stereocenters. The Bertz CT molecular complexity index is 1550. The van der Waals surface area contributed by atoms with Gasteiger partial charge in [-0.15, -0.1) is 0 Å². The number of benzene rings is 3. The minimum atomic E-state index is -0.836. The van der Waals surface area contributed by atoms with E-state index in [2.05, 4.69) is 4.98 Å². The van der Waals surface area contributed by atoms with Crippen molar-refractivity contribution in [3.05, 3.63) is 95.2 Å². The molecule has 0 aliphatic carbocycles. The van der Waals surface area contributed by atoms with Gasteiger partial charge in [-0.25, -0.2) is 0 Å². The summed E-state index contributed by atoms with van der Waals surface area (Å²) in [6, 6.07) is 18.9. The van der Waals surface area contributed by atoms with Crippen LogP contribution in [0.4, 0.5) is 0 Å². The molecule has 2 N–H and O–H groups in total. The van der Waals surface area contributed by atoms with Gasteiger partial charge >= 0.3 is 0 Å². The number of nitrogens with one attached hydrogen (secondary N) is 1. The number of carbonyl (C=O) groups excluding carboxylic acids is 2. The number of carbonyl (C=O) groups is 2. The first-order valence-electron chi connectivity index (χ1n) is 12.2. The van der Waals surface area contributed by atoms with Crippen LogP contribution in [0.2, 0.25) is 0 Å². The zero-order valence-corrected chi connectivity index (χ0v) is 21.4. The van der Waals surface area contributed by atoms with E-state index >= 15 is 0 Å². The molecule has 0 radical (unpaired) electrons. The van der Waals surface area contributed by atoms with Gasteiger partial charge in [-0.1, -0.05) is 30.3 Å². The Labute approximate surface area is 220 Å². The van der Waals surface area contributed by atoms with E-state index in [1.165, 1.54) is 19.1 Å². The van der Waals surface area contributed by atoms with E-state index in [1.54, 1.807) is 43.5 Å². The highest BCUT2D eigenvalue weighted by Gasteiger charge is 2.46. The molecule has 1 aromatic heterocycles. The number of hydrogen-bond acceptors (Lipinski definition) is 6. The minimum absolute atomic E-state index is 0.00773. The predicted molar refractivity (Wildman–Crippen MR) is 144 cm³/mol. The van der Waals surface area contributed by atoms with E-state index in [-0.39, 0.29) is 17.9 Å². The molecule has 194 valence electrons. The highest BCUT2D eigenvalue weighted by molar-refractivity contribution is 6.46. The van der Waals surface area contributed by atoms with E-state index in [9.17, 15) is 14.7 Å². The monoisotopic (exact) mass is 512 g/mol. The summed E-state index contributed by atoms with van der Waals surface area (Å²) in [6.07, 6.45) is 2.38. The Kier molecular flexibility index (Phi) is 6.79. The van der Waals surface area contributed by atoms with Crippen molar-refractivity contribution < 1.29 is 28.9 Å². The van der Waals surface area contributed by atoms with Crippen molar-refractivity contribution in [2.45, 2.75) is 12.5 Å². The molecule has 0 spiro atoms.